The van der Waals surface area contributed by atoms with Gasteiger partial charge in [-0.15, -0.1) is 0 Å². The van der Waals surface area contributed by atoms with Crippen LogP contribution in [0, 0.1) is 0 Å². The molecule has 6 heteroatoms. The van der Waals surface area contributed by atoms with Crippen molar-refractivity contribution in [2.45, 2.75) is 0 Å². The molecule has 0 aliphatic rings. The van der Waals surface area contributed by atoms with Crippen LogP contribution in [0.3, 0.4) is 0 Å². The predicted molar refractivity (Wildman–Crippen MR) is 60.6 cm³/mol. The highest BCUT2D eigenvalue weighted by atomic mass is 32.1. The molecule has 1 aromatic carbocycles. The largest absolute Gasteiger partial charge is 0.497 e. The lowest BCUT2D eigenvalue weighted by atomic mass is 10.3. The van der Waals surface area contributed by atoms with Gasteiger partial charge in [-0.05, 0) is 24.3 Å². The number of rotatable bonds is 3. The molecule has 2 rings (SSSR count). The van der Waals surface area contributed by atoms with E-state index in [-0.39, 0.29) is 0 Å². The van der Waals surface area contributed by atoms with Crippen molar-refractivity contribution in [3.05, 3.63) is 24.3 Å². The van der Waals surface area contributed by atoms with Gasteiger partial charge in [0.15, 0.2) is 0 Å². The Balaban J connectivity index is 2.11. The van der Waals surface area contributed by atoms with E-state index in [9.17, 15) is 0 Å². The molecule has 0 aliphatic heterocycles. The molecule has 0 spiro atoms. The maximum Gasteiger partial charge on any atom is 0.240 e. The van der Waals surface area contributed by atoms with Crippen molar-refractivity contribution in [2.24, 2.45) is 0 Å². The van der Waals surface area contributed by atoms with Gasteiger partial charge in [-0.2, -0.15) is 9.36 Å². The quantitative estimate of drug-likeness (QED) is 0.829. The summed E-state index contributed by atoms with van der Waals surface area (Å²) in [5, 5.41) is 3.48. The van der Waals surface area contributed by atoms with Crippen molar-refractivity contribution >= 4 is 28.3 Å². The second-order valence-electron chi connectivity index (χ2n) is 2.81. The number of hydrogen-bond donors (Lipinski definition) is 2. The third-order valence-corrected chi connectivity index (χ3v) is 2.33. The summed E-state index contributed by atoms with van der Waals surface area (Å²) in [7, 11) is 1.63. The lowest BCUT2D eigenvalue weighted by molar-refractivity contribution is 0.415. The van der Waals surface area contributed by atoms with E-state index in [1.165, 1.54) is 0 Å². The van der Waals surface area contributed by atoms with E-state index in [0.29, 0.717) is 11.1 Å². The minimum atomic E-state index is 0.450. The van der Waals surface area contributed by atoms with Crippen molar-refractivity contribution in [3.63, 3.8) is 0 Å². The van der Waals surface area contributed by atoms with Crippen LogP contribution in [0.1, 0.15) is 0 Å². The molecule has 1 heterocycles. The Morgan fingerprint density at radius 3 is 2.60 bits per heavy atom. The second kappa shape index (κ2) is 4.14. The fraction of sp³-hybridized carbons (Fsp3) is 0.111. The number of hydrogen-bond acceptors (Lipinski definition) is 6. The van der Waals surface area contributed by atoms with E-state index in [4.69, 9.17) is 10.5 Å². The highest BCUT2D eigenvalue weighted by molar-refractivity contribution is 7.09. The van der Waals surface area contributed by atoms with Crippen LogP contribution < -0.4 is 15.8 Å². The van der Waals surface area contributed by atoms with Gasteiger partial charge in [-0.3, -0.25) is 0 Å². The van der Waals surface area contributed by atoms with Gasteiger partial charge < -0.3 is 15.8 Å². The molecule has 0 amide bonds. The Labute approximate surface area is 91.1 Å². The molecule has 5 nitrogen and oxygen atoms in total. The van der Waals surface area contributed by atoms with Crippen LogP contribution in [0.2, 0.25) is 0 Å². The first-order valence-electron chi connectivity index (χ1n) is 4.28. The van der Waals surface area contributed by atoms with Gasteiger partial charge in [0.2, 0.25) is 11.1 Å². The average molecular weight is 222 g/mol. The summed E-state index contributed by atoms with van der Waals surface area (Å²) in [6.07, 6.45) is 0. The van der Waals surface area contributed by atoms with Crippen molar-refractivity contribution in [1.82, 2.24) is 9.36 Å². The van der Waals surface area contributed by atoms with Crippen molar-refractivity contribution < 1.29 is 4.74 Å². The fourth-order valence-corrected chi connectivity index (χ4v) is 1.48. The summed E-state index contributed by atoms with van der Waals surface area (Å²) in [6.45, 7) is 0. The van der Waals surface area contributed by atoms with Crippen LogP contribution in [0.25, 0.3) is 0 Å². The SMILES string of the molecule is COc1ccc(Nc2nsc(N)n2)cc1. The molecule has 1 aromatic heterocycles. The van der Waals surface area contributed by atoms with Crippen LogP contribution in [-0.2, 0) is 0 Å². The highest BCUT2D eigenvalue weighted by Gasteiger charge is 2.00. The Morgan fingerprint density at radius 1 is 1.33 bits per heavy atom. The van der Waals surface area contributed by atoms with Crippen LogP contribution >= 0.6 is 11.5 Å². The normalized spacial score (nSPS) is 9.93. The lowest BCUT2D eigenvalue weighted by Crippen LogP contribution is -1.92. The Morgan fingerprint density at radius 2 is 2.07 bits per heavy atom. The minimum absolute atomic E-state index is 0.450. The molecule has 0 saturated carbocycles. The zero-order valence-corrected chi connectivity index (χ0v) is 8.91. The third kappa shape index (κ3) is 2.35. The molecular formula is C9H10N4OS. The smallest absolute Gasteiger partial charge is 0.240 e. The van der Waals surface area contributed by atoms with E-state index in [2.05, 4.69) is 14.7 Å². The molecule has 0 radical (unpaired) electrons. The van der Waals surface area contributed by atoms with E-state index in [1.807, 2.05) is 24.3 Å². The van der Waals surface area contributed by atoms with Crippen LogP contribution in [0.5, 0.6) is 5.75 Å². The van der Waals surface area contributed by atoms with Gasteiger partial charge in [0.25, 0.3) is 0 Å². The maximum atomic E-state index is 5.46. The zero-order chi connectivity index (χ0) is 10.7. The lowest BCUT2D eigenvalue weighted by Gasteiger charge is -2.02. The van der Waals surface area contributed by atoms with Crippen LogP contribution in [0.15, 0.2) is 24.3 Å². The summed E-state index contributed by atoms with van der Waals surface area (Å²) in [4.78, 5) is 3.99. The molecule has 78 valence electrons. The first kappa shape index (κ1) is 9.72. The maximum absolute atomic E-state index is 5.46. The second-order valence-corrected chi connectivity index (χ2v) is 3.59. The van der Waals surface area contributed by atoms with E-state index < -0.39 is 0 Å². The number of aromatic nitrogens is 2. The van der Waals surface area contributed by atoms with Gasteiger partial charge in [0.1, 0.15) is 5.75 Å². The van der Waals surface area contributed by atoms with Crippen LogP contribution in [0.4, 0.5) is 16.8 Å². The molecule has 0 fully saturated rings. The summed E-state index contributed by atoms with van der Waals surface area (Å²) in [5.41, 5.74) is 6.36. The van der Waals surface area contributed by atoms with Crippen LogP contribution in [-0.4, -0.2) is 16.5 Å². The number of ether oxygens (including phenoxy) is 1. The zero-order valence-electron chi connectivity index (χ0n) is 8.10. The first-order valence-corrected chi connectivity index (χ1v) is 5.05. The number of anilines is 3. The van der Waals surface area contributed by atoms with Crippen molar-refractivity contribution in [1.29, 1.82) is 0 Å². The third-order valence-electron chi connectivity index (χ3n) is 1.79. The number of nitrogen functional groups attached to an aromatic ring is 1. The number of methoxy groups -OCH3 is 1. The van der Waals surface area contributed by atoms with E-state index in [0.717, 1.165) is 23.0 Å². The molecule has 0 aliphatic carbocycles. The molecular weight excluding hydrogens is 212 g/mol. The fourth-order valence-electron chi connectivity index (χ4n) is 1.09. The molecule has 0 atom stereocenters. The summed E-state index contributed by atoms with van der Waals surface area (Å²) >= 11 is 1.16. The summed E-state index contributed by atoms with van der Waals surface area (Å²) in [5.74, 6) is 1.33. The monoisotopic (exact) mass is 222 g/mol. The standard InChI is InChI=1S/C9H10N4OS/c1-14-7-4-2-6(3-5-7)11-9-12-8(10)15-13-9/h2-5H,1H3,(H3,10,11,12,13). The summed E-state index contributed by atoms with van der Waals surface area (Å²) < 4.78 is 9.06. The van der Waals surface area contributed by atoms with Gasteiger partial charge in [-0.1, -0.05) is 0 Å². The topological polar surface area (TPSA) is 73.1 Å². The number of benzene rings is 1. The van der Waals surface area contributed by atoms with Crippen molar-refractivity contribution in [2.75, 3.05) is 18.2 Å². The van der Waals surface area contributed by atoms with Gasteiger partial charge in [0.05, 0.1) is 7.11 Å². The Bertz CT molecular complexity index is 440. The van der Waals surface area contributed by atoms with Crippen molar-refractivity contribution in [3.8, 4) is 5.75 Å². The van der Waals surface area contributed by atoms with E-state index in [1.54, 1.807) is 7.11 Å². The molecule has 0 unspecified atom stereocenters. The number of nitrogens with zero attached hydrogens (tertiary/aromatic N) is 2. The highest BCUT2D eigenvalue weighted by Crippen LogP contribution is 2.19. The van der Waals surface area contributed by atoms with E-state index >= 15 is 0 Å². The van der Waals surface area contributed by atoms with Gasteiger partial charge in [-0.25, -0.2) is 0 Å². The molecule has 2 aromatic rings. The number of nitrogens with one attached hydrogen (secondary N) is 1. The Kier molecular flexibility index (Phi) is 2.68. The molecule has 0 saturated heterocycles. The minimum Gasteiger partial charge on any atom is -0.497 e. The Hall–Kier alpha value is -1.82. The van der Waals surface area contributed by atoms with Gasteiger partial charge >= 0.3 is 0 Å². The average Bonchev–Trinajstić information content (AvgIpc) is 2.65. The predicted octanol–water partition coefficient (Wildman–Crippen LogP) is 1.87. The molecule has 15 heavy (non-hydrogen) atoms. The first-order chi connectivity index (χ1) is 7.28. The number of nitrogens with two attached hydrogens (primary N) is 1. The molecule has 3 N–H and O–H groups in total. The van der Waals surface area contributed by atoms with Gasteiger partial charge in [0, 0.05) is 17.2 Å². The summed E-state index contributed by atoms with van der Waals surface area (Å²) in [6, 6.07) is 7.49. The molecule has 0 bridgehead atoms.